The third-order valence-electron chi connectivity index (χ3n) is 5.36. The zero-order chi connectivity index (χ0) is 21.8. The standard InChI is InChI=1S/C23H23Cl2N3O3/c1-30-20-5-3-2-4-19(20)27-10-12-28(13-11-27)23(29)9-8-22-26-15-21(31-22)17-7-6-16(24)14-18(17)25/h2-7,14-15H,8-13H2,1H3. The fourth-order valence-electron chi connectivity index (χ4n) is 3.70. The number of aromatic nitrogens is 1. The first-order valence-electron chi connectivity index (χ1n) is 10.1. The van der Waals surface area contributed by atoms with Crippen molar-refractivity contribution in [2.45, 2.75) is 12.8 Å². The van der Waals surface area contributed by atoms with Gasteiger partial charge in [0.25, 0.3) is 0 Å². The first kappa shape index (κ1) is 21.5. The molecular formula is C23H23Cl2N3O3. The Kier molecular flexibility index (Phi) is 6.68. The van der Waals surface area contributed by atoms with Crippen LogP contribution >= 0.6 is 23.2 Å². The van der Waals surface area contributed by atoms with Gasteiger partial charge in [0.2, 0.25) is 5.91 Å². The van der Waals surface area contributed by atoms with Crippen molar-refractivity contribution < 1.29 is 13.9 Å². The molecule has 1 aliphatic rings. The van der Waals surface area contributed by atoms with Crippen LogP contribution in [0.3, 0.4) is 0 Å². The Morgan fingerprint density at radius 2 is 1.90 bits per heavy atom. The van der Waals surface area contributed by atoms with Crippen LogP contribution in [-0.4, -0.2) is 49.1 Å². The van der Waals surface area contributed by atoms with E-state index in [1.54, 1.807) is 31.5 Å². The third kappa shape index (κ3) is 4.97. The van der Waals surface area contributed by atoms with Crippen molar-refractivity contribution in [3.05, 3.63) is 64.6 Å². The molecule has 0 saturated carbocycles. The lowest BCUT2D eigenvalue weighted by Crippen LogP contribution is -2.48. The summed E-state index contributed by atoms with van der Waals surface area (Å²) in [5.74, 6) is 2.03. The SMILES string of the molecule is COc1ccccc1N1CCN(C(=O)CCc2ncc(-c3ccc(Cl)cc3Cl)o2)CC1. The van der Waals surface area contributed by atoms with Gasteiger partial charge in [0.05, 0.1) is 24.0 Å². The van der Waals surface area contributed by atoms with Crippen molar-refractivity contribution in [2.75, 3.05) is 38.2 Å². The molecule has 1 amide bonds. The molecule has 0 bridgehead atoms. The molecule has 2 heterocycles. The van der Waals surface area contributed by atoms with Gasteiger partial charge in [0, 0.05) is 49.6 Å². The Balaban J connectivity index is 1.31. The first-order chi connectivity index (χ1) is 15.0. The van der Waals surface area contributed by atoms with Crippen LogP contribution in [0.2, 0.25) is 10.0 Å². The molecule has 0 atom stereocenters. The Morgan fingerprint density at radius 1 is 1.13 bits per heavy atom. The maximum absolute atomic E-state index is 12.7. The maximum Gasteiger partial charge on any atom is 0.223 e. The fourth-order valence-corrected chi connectivity index (χ4v) is 4.20. The molecule has 0 aliphatic carbocycles. The van der Waals surface area contributed by atoms with Crippen LogP contribution in [0.4, 0.5) is 5.69 Å². The molecule has 1 fully saturated rings. The zero-order valence-corrected chi connectivity index (χ0v) is 18.7. The molecule has 0 spiro atoms. The van der Waals surface area contributed by atoms with E-state index in [0.29, 0.717) is 47.6 Å². The molecule has 8 heteroatoms. The molecule has 0 N–H and O–H groups in total. The Bertz CT molecular complexity index is 1060. The molecule has 4 rings (SSSR count). The summed E-state index contributed by atoms with van der Waals surface area (Å²) in [5.41, 5.74) is 1.79. The minimum atomic E-state index is 0.101. The number of halogens is 2. The molecule has 0 radical (unpaired) electrons. The second kappa shape index (κ2) is 9.62. The number of nitrogens with zero attached hydrogens (tertiary/aromatic N) is 3. The van der Waals surface area contributed by atoms with Crippen molar-refractivity contribution in [1.29, 1.82) is 0 Å². The molecule has 1 saturated heterocycles. The highest BCUT2D eigenvalue weighted by atomic mass is 35.5. The largest absolute Gasteiger partial charge is 0.495 e. The number of hydrogen-bond acceptors (Lipinski definition) is 5. The predicted molar refractivity (Wildman–Crippen MR) is 122 cm³/mol. The number of carbonyl (C=O) groups is 1. The van der Waals surface area contributed by atoms with E-state index in [1.165, 1.54) is 0 Å². The molecule has 3 aromatic rings. The Labute approximate surface area is 191 Å². The number of para-hydroxylation sites is 2. The average molecular weight is 460 g/mol. The summed E-state index contributed by atoms with van der Waals surface area (Å²) in [6, 6.07) is 13.2. The summed E-state index contributed by atoms with van der Waals surface area (Å²) in [7, 11) is 1.67. The van der Waals surface area contributed by atoms with E-state index >= 15 is 0 Å². The predicted octanol–water partition coefficient (Wildman–Crippen LogP) is 4.94. The number of benzene rings is 2. The third-order valence-corrected chi connectivity index (χ3v) is 5.91. The van der Waals surface area contributed by atoms with Crippen molar-refractivity contribution >= 4 is 34.8 Å². The van der Waals surface area contributed by atoms with E-state index in [2.05, 4.69) is 9.88 Å². The van der Waals surface area contributed by atoms with Gasteiger partial charge in [-0.2, -0.15) is 0 Å². The number of amides is 1. The van der Waals surface area contributed by atoms with Gasteiger partial charge < -0.3 is 19.0 Å². The van der Waals surface area contributed by atoms with E-state index in [0.717, 1.165) is 30.1 Å². The monoisotopic (exact) mass is 459 g/mol. The second-order valence-corrected chi connectivity index (χ2v) is 8.13. The van der Waals surface area contributed by atoms with Crippen molar-refractivity contribution in [3.63, 3.8) is 0 Å². The van der Waals surface area contributed by atoms with Crippen molar-refractivity contribution in [2.24, 2.45) is 0 Å². The quantitative estimate of drug-likeness (QED) is 0.522. The maximum atomic E-state index is 12.7. The van der Waals surface area contributed by atoms with Crippen LogP contribution < -0.4 is 9.64 Å². The van der Waals surface area contributed by atoms with Crippen molar-refractivity contribution in [3.8, 4) is 17.1 Å². The van der Waals surface area contributed by atoms with Crippen LogP contribution in [0.15, 0.2) is 53.1 Å². The molecular weight excluding hydrogens is 437 g/mol. The zero-order valence-electron chi connectivity index (χ0n) is 17.2. The highest BCUT2D eigenvalue weighted by Crippen LogP contribution is 2.31. The van der Waals surface area contributed by atoms with Crippen LogP contribution in [0, 0.1) is 0 Å². The van der Waals surface area contributed by atoms with E-state index in [-0.39, 0.29) is 5.91 Å². The average Bonchev–Trinajstić information content (AvgIpc) is 3.26. The second-order valence-electron chi connectivity index (χ2n) is 7.28. The summed E-state index contributed by atoms with van der Waals surface area (Å²) in [4.78, 5) is 21.1. The number of aryl methyl sites for hydroxylation is 1. The number of carbonyl (C=O) groups excluding carboxylic acids is 1. The summed E-state index contributed by atoms with van der Waals surface area (Å²) >= 11 is 12.2. The minimum absolute atomic E-state index is 0.101. The number of hydrogen-bond donors (Lipinski definition) is 0. The summed E-state index contributed by atoms with van der Waals surface area (Å²) in [5, 5.41) is 1.06. The summed E-state index contributed by atoms with van der Waals surface area (Å²) < 4.78 is 11.3. The van der Waals surface area contributed by atoms with Gasteiger partial charge in [-0.3, -0.25) is 4.79 Å². The molecule has 31 heavy (non-hydrogen) atoms. The van der Waals surface area contributed by atoms with Gasteiger partial charge >= 0.3 is 0 Å². The van der Waals surface area contributed by atoms with E-state index < -0.39 is 0 Å². The smallest absolute Gasteiger partial charge is 0.223 e. The van der Waals surface area contributed by atoms with Gasteiger partial charge in [-0.1, -0.05) is 35.3 Å². The van der Waals surface area contributed by atoms with Gasteiger partial charge in [-0.15, -0.1) is 0 Å². The Hall–Kier alpha value is -2.70. The lowest BCUT2D eigenvalue weighted by molar-refractivity contribution is -0.131. The molecule has 1 aliphatic heterocycles. The van der Waals surface area contributed by atoms with Crippen molar-refractivity contribution in [1.82, 2.24) is 9.88 Å². The number of oxazole rings is 1. The number of anilines is 1. The Morgan fingerprint density at radius 3 is 2.65 bits per heavy atom. The number of rotatable bonds is 6. The molecule has 2 aromatic carbocycles. The fraction of sp³-hybridized carbons (Fsp3) is 0.304. The van der Waals surface area contributed by atoms with Gasteiger partial charge in [0.1, 0.15) is 5.75 Å². The van der Waals surface area contributed by atoms with Crippen LogP contribution in [0.1, 0.15) is 12.3 Å². The van der Waals surface area contributed by atoms with Crippen LogP contribution in [-0.2, 0) is 11.2 Å². The summed E-state index contributed by atoms with van der Waals surface area (Å²) in [6.07, 6.45) is 2.42. The molecule has 0 unspecified atom stereocenters. The molecule has 1 aromatic heterocycles. The van der Waals surface area contributed by atoms with E-state index in [4.69, 9.17) is 32.4 Å². The van der Waals surface area contributed by atoms with E-state index in [9.17, 15) is 4.79 Å². The van der Waals surface area contributed by atoms with Gasteiger partial charge in [-0.05, 0) is 30.3 Å². The molecule has 162 valence electrons. The minimum Gasteiger partial charge on any atom is -0.495 e. The topological polar surface area (TPSA) is 58.8 Å². The van der Waals surface area contributed by atoms with Crippen LogP contribution in [0.5, 0.6) is 5.75 Å². The van der Waals surface area contributed by atoms with Gasteiger partial charge in [0.15, 0.2) is 11.7 Å². The lowest BCUT2D eigenvalue weighted by atomic mass is 10.2. The summed E-state index contributed by atoms with van der Waals surface area (Å²) in [6.45, 7) is 2.89. The highest BCUT2D eigenvalue weighted by Gasteiger charge is 2.23. The van der Waals surface area contributed by atoms with Crippen LogP contribution in [0.25, 0.3) is 11.3 Å². The number of piperazine rings is 1. The lowest BCUT2D eigenvalue weighted by Gasteiger charge is -2.36. The number of ether oxygens (including phenoxy) is 1. The van der Waals surface area contributed by atoms with E-state index in [1.807, 2.05) is 29.2 Å². The number of methoxy groups -OCH3 is 1. The molecule has 6 nitrogen and oxygen atoms in total. The van der Waals surface area contributed by atoms with Gasteiger partial charge in [-0.25, -0.2) is 4.98 Å². The highest BCUT2D eigenvalue weighted by molar-refractivity contribution is 6.36. The normalized spacial score (nSPS) is 14.0. The first-order valence-corrected chi connectivity index (χ1v) is 10.9.